The van der Waals surface area contributed by atoms with Crippen molar-refractivity contribution in [2.45, 2.75) is 26.7 Å². The highest BCUT2D eigenvalue weighted by Crippen LogP contribution is 2.35. The smallest absolute Gasteiger partial charge is 0.00179 e. The molecule has 17 heavy (non-hydrogen) atoms. The van der Waals surface area contributed by atoms with E-state index in [4.69, 9.17) is 0 Å². The summed E-state index contributed by atoms with van der Waals surface area (Å²) in [5.74, 6) is 0.535. The van der Waals surface area contributed by atoms with E-state index in [1.807, 2.05) is 0 Å². The van der Waals surface area contributed by atoms with E-state index in [0.717, 1.165) is 6.42 Å². The van der Waals surface area contributed by atoms with Crippen LogP contribution in [0.4, 0.5) is 0 Å². The van der Waals surface area contributed by atoms with E-state index in [2.05, 4.69) is 62.9 Å². The van der Waals surface area contributed by atoms with Crippen molar-refractivity contribution >= 4 is 5.57 Å². The lowest BCUT2D eigenvalue weighted by atomic mass is 9.81. The Morgan fingerprint density at radius 2 is 1.94 bits per heavy atom. The van der Waals surface area contributed by atoms with Gasteiger partial charge in [-0.1, -0.05) is 48.1 Å². The summed E-state index contributed by atoms with van der Waals surface area (Å²) in [7, 11) is 0. The van der Waals surface area contributed by atoms with Gasteiger partial charge in [0, 0.05) is 5.92 Å². The van der Waals surface area contributed by atoms with Crippen LogP contribution < -0.4 is 0 Å². The number of allylic oxidation sites excluding steroid dienone is 5. The molecule has 0 N–H and O–H groups in total. The fourth-order valence-electron chi connectivity index (χ4n) is 2.47. The fourth-order valence-corrected chi connectivity index (χ4v) is 2.47. The maximum Gasteiger partial charge on any atom is 0.00179 e. The molecule has 1 aromatic carbocycles. The Balaban J connectivity index is 2.39. The maximum absolute atomic E-state index is 3.95. The lowest BCUT2D eigenvalue weighted by Gasteiger charge is -2.24. The zero-order valence-electron chi connectivity index (χ0n) is 10.7. The molecule has 0 heterocycles. The molecule has 0 heteroatoms. The third-order valence-corrected chi connectivity index (χ3v) is 3.46. The molecule has 0 radical (unpaired) electrons. The Labute approximate surface area is 104 Å². The van der Waals surface area contributed by atoms with Gasteiger partial charge in [0.1, 0.15) is 0 Å². The monoisotopic (exact) mass is 224 g/mol. The summed E-state index contributed by atoms with van der Waals surface area (Å²) in [6, 6.07) is 10.7. The van der Waals surface area contributed by atoms with E-state index in [0.29, 0.717) is 5.92 Å². The number of hydrogen-bond acceptors (Lipinski definition) is 0. The van der Waals surface area contributed by atoms with Gasteiger partial charge in [0.25, 0.3) is 0 Å². The second-order valence-electron chi connectivity index (χ2n) is 4.87. The first-order valence-corrected chi connectivity index (χ1v) is 6.28. The zero-order chi connectivity index (χ0) is 12.3. The molecular formula is C17H20. The Kier molecular flexibility index (Phi) is 3.63. The molecule has 0 bridgehead atoms. The van der Waals surface area contributed by atoms with Crippen LogP contribution in [-0.4, -0.2) is 0 Å². The van der Waals surface area contributed by atoms with Crippen LogP contribution in [0.5, 0.6) is 0 Å². The van der Waals surface area contributed by atoms with Crippen LogP contribution in [0.15, 0.2) is 60.2 Å². The van der Waals surface area contributed by atoms with Crippen LogP contribution in [0.25, 0.3) is 5.57 Å². The van der Waals surface area contributed by atoms with Crippen molar-refractivity contribution in [1.82, 2.24) is 0 Å². The van der Waals surface area contributed by atoms with Crippen molar-refractivity contribution in [1.29, 1.82) is 0 Å². The zero-order valence-corrected chi connectivity index (χ0v) is 10.7. The standard InChI is InChI=1S/C17H20/c1-4-14-10-11-16(12-17(14)13(2)3)15-8-6-5-7-9-15/h4-9,12,14H,1,10-11H2,2-3H3/t14-/m0/s1. The largest absolute Gasteiger partial charge is 0.102 e. The van der Waals surface area contributed by atoms with Crippen molar-refractivity contribution in [2.24, 2.45) is 5.92 Å². The summed E-state index contributed by atoms with van der Waals surface area (Å²) in [6.45, 7) is 8.33. The van der Waals surface area contributed by atoms with Gasteiger partial charge in [-0.3, -0.25) is 0 Å². The van der Waals surface area contributed by atoms with Crippen LogP contribution in [-0.2, 0) is 0 Å². The first-order valence-electron chi connectivity index (χ1n) is 6.28. The first kappa shape index (κ1) is 11.9. The molecule has 0 saturated carbocycles. The highest BCUT2D eigenvalue weighted by Gasteiger charge is 2.17. The predicted molar refractivity (Wildman–Crippen MR) is 75.7 cm³/mol. The third-order valence-electron chi connectivity index (χ3n) is 3.46. The van der Waals surface area contributed by atoms with Crippen molar-refractivity contribution in [3.63, 3.8) is 0 Å². The van der Waals surface area contributed by atoms with Crippen LogP contribution in [0.3, 0.4) is 0 Å². The van der Waals surface area contributed by atoms with Gasteiger partial charge in [0.15, 0.2) is 0 Å². The van der Waals surface area contributed by atoms with Gasteiger partial charge in [-0.25, -0.2) is 0 Å². The summed E-state index contributed by atoms with van der Waals surface area (Å²) in [6.07, 6.45) is 6.78. The lowest BCUT2D eigenvalue weighted by Crippen LogP contribution is -2.07. The van der Waals surface area contributed by atoms with E-state index in [1.54, 1.807) is 0 Å². The molecule has 0 amide bonds. The minimum atomic E-state index is 0.535. The molecule has 1 aliphatic rings. The molecule has 1 aliphatic carbocycles. The van der Waals surface area contributed by atoms with E-state index in [1.165, 1.54) is 28.7 Å². The summed E-state index contributed by atoms with van der Waals surface area (Å²) >= 11 is 0. The topological polar surface area (TPSA) is 0 Å². The Bertz CT molecular complexity index is 456. The van der Waals surface area contributed by atoms with Crippen molar-refractivity contribution in [3.05, 3.63) is 65.8 Å². The average Bonchev–Trinajstić information content (AvgIpc) is 2.39. The minimum Gasteiger partial charge on any atom is -0.102 e. The second-order valence-corrected chi connectivity index (χ2v) is 4.87. The van der Waals surface area contributed by atoms with Gasteiger partial charge in [-0.15, -0.1) is 6.58 Å². The fraction of sp³-hybridized carbons (Fsp3) is 0.294. The van der Waals surface area contributed by atoms with Gasteiger partial charge in [0.05, 0.1) is 0 Å². The summed E-state index contributed by atoms with van der Waals surface area (Å²) in [5, 5.41) is 0. The Hall–Kier alpha value is -1.56. The predicted octanol–water partition coefficient (Wildman–Crippen LogP) is 5.00. The van der Waals surface area contributed by atoms with Gasteiger partial charge >= 0.3 is 0 Å². The number of rotatable bonds is 2. The summed E-state index contributed by atoms with van der Waals surface area (Å²) in [5.41, 5.74) is 5.67. The van der Waals surface area contributed by atoms with Gasteiger partial charge in [-0.2, -0.15) is 0 Å². The highest BCUT2D eigenvalue weighted by atomic mass is 14.2. The van der Waals surface area contributed by atoms with Crippen LogP contribution in [0.2, 0.25) is 0 Å². The van der Waals surface area contributed by atoms with Crippen molar-refractivity contribution in [2.75, 3.05) is 0 Å². The molecule has 0 unspecified atom stereocenters. The quantitative estimate of drug-likeness (QED) is 0.620. The molecule has 0 spiro atoms. The molecule has 0 aliphatic heterocycles. The van der Waals surface area contributed by atoms with Gasteiger partial charge in [0.2, 0.25) is 0 Å². The van der Waals surface area contributed by atoms with E-state index in [9.17, 15) is 0 Å². The van der Waals surface area contributed by atoms with Crippen molar-refractivity contribution in [3.8, 4) is 0 Å². The Morgan fingerprint density at radius 3 is 2.53 bits per heavy atom. The molecule has 0 saturated heterocycles. The SMILES string of the molecule is C=C[C@H]1CCC(c2ccccc2)=CC1=C(C)C. The van der Waals surface area contributed by atoms with Crippen LogP contribution >= 0.6 is 0 Å². The third kappa shape index (κ3) is 2.58. The van der Waals surface area contributed by atoms with Crippen LogP contribution in [0, 0.1) is 5.92 Å². The molecule has 0 nitrogen and oxygen atoms in total. The number of benzene rings is 1. The molecule has 1 aromatic rings. The molecule has 0 aromatic heterocycles. The van der Waals surface area contributed by atoms with E-state index >= 15 is 0 Å². The van der Waals surface area contributed by atoms with Crippen LogP contribution in [0.1, 0.15) is 32.3 Å². The minimum absolute atomic E-state index is 0.535. The molecule has 88 valence electrons. The highest BCUT2D eigenvalue weighted by molar-refractivity contribution is 5.70. The maximum atomic E-state index is 3.95. The number of hydrogen-bond donors (Lipinski definition) is 0. The average molecular weight is 224 g/mol. The molecule has 1 atom stereocenters. The molecular weight excluding hydrogens is 204 g/mol. The summed E-state index contributed by atoms with van der Waals surface area (Å²) < 4.78 is 0. The van der Waals surface area contributed by atoms with E-state index in [-0.39, 0.29) is 0 Å². The van der Waals surface area contributed by atoms with Gasteiger partial charge in [-0.05, 0) is 43.4 Å². The second kappa shape index (κ2) is 5.18. The molecule has 2 rings (SSSR count). The normalized spacial score (nSPS) is 19.8. The lowest BCUT2D eigenvalue weighted by molar-refractivity contribution is 0.681. The molecule has 0 fully saturated rings. The Morgan fingerprint density at radius 1 is 1.24 bits per heavy atom. The van der Waals surface area contributed by atoms with Gasteiger partial charge < -0.3 is 0 Å². The van der Waals surface area contributed by atoms with E-state index < -0.39 is 0 Å². The van der Waals surface area contributed by atoms with Crippen molar-refractivity contribution < 1.29 is 0 Å². The first-order chi connectivity index (χ1) is 8.22. The summed E-state index contributed by atoms with van der Waals surface area (Å²) in [4.78, 5) is 0.